The van der Waals surface area contributed by atoms with Crippen LogP contribution in [0, 0.1) is 0 Å². The molecule has 0 nitrogen and oxygen atoms in total. The second kappa shape index (κ2) is 6.99. The minimum Gasteiger partial charge on any atom is -1.00 e. The van der Waals surface area contributed by atoms with Gasteiger partial charge in [-0.2, -0.15) is 0 Å². The molecule has 1 unspecified atom stereocenters. The second-order valence-electron chi connectivity index (χ2n) is 5.82. The predicted octanol–water partition coefficient (Wildman–Crippen LogP) is -1.21. The summed E-state index contributed by atoms with van der Waals surface area (Å²) in [5.74, 6) is 0. The molecule has 0 amide bonds. The number of allylic oxidation sites excluding steroid dienone is 5. The summed E-state index contributed by atoms with van der Waals surface area (Å²) in [6.07, 6.45) is 16.4. The SMILES string of the molecule is C1=CC[C]([Zr+2][C]23CCCCC2=Cc2ccccc23)=C1.[Cl-].[Cl-]. The Balaban J connectivity index is 0.000000807. The van der Waals surface area contributed by atoms with Crippen molar-refractivity contribution in [1.82, 2.24) is 0 Å². The third-order valence-electron chi connectivity index (χ3n) is 4.69. The van der Waals surface area contributed by atoms with E-state index < -0.39 is 23.2 Å². The van der Waals surface area contributed by atoms with Crippen molar-refractivity contribution < 1.29 is 48.0 Å². The van der Waals surface area contributed by atoms with Gasteiger partial charge in [-0.15, -0.1) is 0 Å². The van der Waals surface area contributed by atoms with Crippen molar-refractivity contribution in [2.24, 2.45) is 0 Å². The first-order valence-electron chi connectivity index (χ1n) is 7.33. The molecule has 1 saturated carbocycles. The van der Waals surface area contributed by atoms with Gasteiger partial charge in [-0.3, -0.25) is 0 Å². The van der Waals surface area contributed by atoms with Crippen molar-refractivity contribution in [3.63, 3.8) is 0 Å². The summed E-state index contributed by atoms with van der Waals surface area (Å²) in [7, 11) is 0. The van der Waals surface area contributed by atoms with E-state index in [1.807, 2.05) is 0 Å². The van der Waals surface area contributed by atoms with E-state index in [-0.39, 0.29) is 24.8 Å². The topological polar surface area (TPSA) is 0 Å². The molecule has 4 rings (SSSR count). The first kappa shape index (κ1) is 17.3. The Bertz CT molecular complexity index is 615. The number of hydrogen-bond acceptors (Lipinski definition) is 0. The first-order valence-corrected chi connectivity index (χ1v) is 9.79. The summed E-state index contributed by atoms with van der Waals surface area (Å²) in [6, 6.07) is 9.17. The molecule has 108 valence electrons. The Morgan fingerprint density at radius 1 is 1.05 bits per heavy atom. The molecule has 1 aromatic carbocycles. The van der Waals surface area contributed by atoms with Crippen LogP contribution in [0.25, 0.3) is 6.08 Å². The maximum Gasteiger partial charge on any atom is -1.00 e. The van der Waals surface area contributed by atoms with Crippen molar-refractivity contribution in [3.05, 3.63) is 62.5 Å². The molecule has 21 heavy (non-hydrogen) atoms. The van der Waals surface area contributed by atoms with Gasteiger partial charge in [0.1, 0.15) is 0 Å². The van der Waals surface area contributed by atoms with Crippen LogP contribution >= 0.6 is 0 Å². The Morgan fingerprint density at radius 3 is 2.71 bits per heavy atom. The summed E-state index contributed by atoms with van der Waals surface area (Å²) >= 11 is -0.557. The van der Waals surface area contributed by atoms with Gasteiger partial charge < -0.3 is 24.8 Å². The molecule has 1 fully saturated rings. The maximum atomic E-state index is 2.53. The van der Waals surface area contributed by atoms with Crippen molar-refractivity contribution in [1.29, 1.82) is 0 Å². The number of fused-ring (bicyclic) bond motifs is 3. The molecule has 0 heterocycles. The zero-order valence-electron chi connectivity index (χ0n) is 11.9. The molecule has 0 spiro atoms. The second-order valence-corrected chi connectivity index (χ2v) is 10.1. The van der Waals surface area contributed by atoms with Gasteiger partial charge in [-0.05, 0) is 0 Å². The van der Waals surface area contributed by atoms with Gasteiger partial charge in [0.2, 0.25) is 0 Å². The van der Waals surface area contributed by atoms with Crippen LogP contribution in [0.3, 0.4) is 0 Å². The maximum absolute atomic E-state index is 2.53. The van der Waals surface area contributed by atoms with E-state index in [0.717, 1.165) is 0 Å². The van der Waals surface area contributed by atoms with Crippen LogP contribution in [-0.4, -0.2) is 0 Å². The fraction of sp³-hybridized carbons (Fsp3) is 0.333. The molecule has 0 aliphatic heterocycles. The Kier molecular flexibility index (Phi) is 5.74. The molecular weight excluding hydrogens is 378 g/mol. The van der Waals surface area contributed by atoms with Gasteiger partial charge in [0.25, 0.3) is 0 Å². The molecule has 0 N–H and O–H groups in total. The first-order chi connectivity index (χ1) is 9.38. The Morgan fingerprint density at radius 2 is 1.90 bits per heavy atom. The van der Waals surface area contributed by atoms with Crippen molar-refractivity contribution in [2.45, 2.75) is 35.2 Å². The van der Waals surface area contributed by atoms with Gasteiger partial charge in [0.05, 0.1) is 0 Å². The van der Waals surface area contributed by atoms with Crippen molar-refractivity contribution in [3.8, 4) is 0 Å². The van der Waals surface area contributed by atoms with Crippen LogP contribution in [-0.2, 0) is 26.4 Å². The van der Waals surface area contributed by atoms with E-state index in [1.54, 1.807) is 14.4 Å². The van der Waals surface area contributed by atoms with Crippen LogP contribution in [0.2, 0.25) is 0 Å². The van der Waals surface area contributed by atoms with E-state index in [2.05, 4.69) is 48.6 Å². The minimum absolute atomic E-state index is 0. The summed E-state index contributed by atoms with van der Waals surface area (Å²) in [4.78, 5) is 0. The third-order valence-corrected chi connectivity index (χ3v) is 9.51. The predicted molar refractivity (Wildman–Crippen MR) is 76.4 cm³/mol. The van der Waals surface area contributed by atoms with Crippen molar-refractivity contribution >= 4 is 6.08 Å². The van der Waals surface area contributed by atoms with Gasteiger partial charge in [-0.1, -0.05) is 0 Å². The van der Waals surface area contributed by atoms with E-state index in [1.165, 1.54) is 37.7 Å². The zero-order valence-corrected chi connectivity index (χ0v) is 15.9. The molecule has 3 aliphatic rings. The van der Waals surface area contributed by atoms with E-state index in [9.17, 15) is 0 Å². The zero-order chi connectivity index (χ0) is 12.7. The fourth-order valence-corrected chi connectivity index (χ4v) is 8.65. The molecule has 3 aliphatic carbocycles. The van der Waals surface area contributed by atoms with E-state index >= 15 is 0 Å². The molecule has 0 bridgehead atoms. The van der Waals surface area contributed by atoms with Gasteiger partial charge in [0.15, 0.2) is 0 Å². The van der Waals surface area contributed by atoms with Gasteiger partial charge >= 0.3 is 127 Å². The summed E-state index contributed by atoms with van der Waals surface area (Å²) in [5, 5.41) is 0. The van der Waals surface area contributed by atoms with Crippen LogP contribution in [0.1, 0.15) is 43.2 Å². The number of benzene rings is 1. The Labute approximate surface area is 151 Å². The van der Waals surface area contributed by atoms with Gasteiger partial charge in [0, 0.05) is 0 Å². The van der Waals surface area contributed by atoms with Crippen LogP contribution in [0.4, 0.5) is 0 Å². The molecule has 1 aromatic rings. The average molecular weight is 396 g/mol. The fourth-order valence-electron chi connectivity index (χ4n) is 3.81. The third kappa shape index (κ3) is 2.90. The minimum atomic E-state index is -0.557. The summed E-state index contributed by atoms with van der Waals surface area (Å²) in [5.41, 5.74) is 4.97. The van der Waals surface area contributed by atoms with Gasteiger partial charge in [-0.25, -0.2) is 0 Å². The van der Waals surface area contributed by atoms with Crippen LogP contribution in [0.15, 0.2) is 51.3 Å². The standard InChI is InChI=1S/C13H13.C5H5.2ClH.Zr/c1-3-7-12-10(5-1)9-11-6-2-4-8-13(11)12;1-2-4-5-3-1;;;/h1,3,5,7,9H,2,4,6,8H2;1-3H,4H2;2*1H;/q;;;;+2/p-2. The summed E-state index contributed by atoms with van der Waals surface area (Å²) in [6.45, 7) is 0. The monoisotopic (exact) mass is 394 g/mol. The number of halogens is 2. The molecule has 3 heteroatoms. The molecular formula is C18H18Cl2Zr. The van der Waals surface area contributed by atoms with Crippen LogP contribution in [0.5, 0.6) is 0 Å². The number of hydrogen-bond donors (Lipinski definition) is 0. The largest absolute Gasteiger partial charge is 1.00 e. The molecule has 0 saturated heterocycles. The van der Waals surface area contributed by atoms with E-state index in [0.29, 0.717) is 3.12 Å². The molecule has 0 radical (unpaired) electrons. The van der Waals surface area contributed by atoms with Crippen molar-refractivity contribution in [2.75, 3.05) is 0 Å². The molecule has 1 atom stereocenters. The van der Waals surface area contributed by atoms with E-state index in [4.69, 9.17) is 0 Å². The smallest absolute Gasteiger partial charge is 1.00 e. The Hall–Kier alpha value is -0.0969. The quantitative estimate of drug-likeness (QED) is 0.589. The average Bonchev–Trinajstić information content (AvgIpc) is 3.05. The van der Waals surface area contributed by atoms with Crippen LogP contribution < -0.4 is 24.8 Å². The number of rotatable bonds is 2. The normalized spacial score (nSPS) is 24.8. The summed E-state index contributed by atoms with van der Waals surface area (Å²) < 4.78 is 2.30. The molecule has 0 aromatic heterocycles.